The van der Waals surface area contributed by atoms with Crippen LogP contribution in [0.25, 0.3) is 11.3 Å². The Kier molecular flexibility index (Phi) is 4.03. The molecule has 24 heavy (non-hydrogen) atoms. The molecule has 0 amide bonds. The Bertz CT molecular complexity index is 793. The highest BCUT2D eigenvalue weighted by Crippen LogP contribution is 2.26. The Morgan fingerprint density at radius 1 is 1.25 bits per heavy atom. The summed E-state index contributed by atoms with van der Waals surface area (Å²) in [6.07, 6.45) is -0.913. The number of non-ortho nitro benzene ring substituents is 1. The zero-order valence-electron chi connectivity index (χ0n) is 12.6. The molecule has 0 aliphatic carbocycles. The summed E-state index contributed by atoms with van der Waals surface area (Å²) in [4.78, 5) is 33.6. The molecule has 1 fully saturated rings. The number of hydrogen-bond acceptors (Lipinski definition) is 7. The average Bonchev–Trinajstić information content (AvgIpc) is 3.15. The molecule has 124 valence electrons. The van der Waals surface area contributed by atoms with Gasteiger partial charge in [0.05, 0.1) is 4.92 Å². The van der Waals surface area contributed by atoms with Crippen molar-refractivity contribution in [1.82, 2.24) is 0 Å². The standard InChI is InChI=1S/C16H13NO7/c1-9-8-14(16(19)22-9)24-15(18)13-7-6-12(23-13)10-2-4-11(5-3-10)17(20)21/h2-7,9,14H,8H2,1H3/t9-,14-/m0/s1. The normalized spacial score (nSPS) is 19.8. The monoisotopic (exact) mass is 331 g/mol. The second kappa shape index (κ2) is 6.15. The maximum absolute atomic E-state index is 12.0. The number of ether oxygens (including phenoxy) is 2. The van der Waals surface area contributed by atoms with Crippen LogP contribution in [0.3, 0.4) is 0 Å². The minimum Gasteiger partial charge on any atom is -0.460 e. The van der Waals surface area contributed by atoms with Crippen LogP contribution >= 0.6 is 0 Å². The van der Waals surface area contributed by atoms with E-state index in [1.54, 1.807) is 13.0 Å². The van der Waals surface area contributed by atoms with Gasteiger partial charge in [0, 0.05) is 24.1 Å². The van der Waals surface area contributed by atoms with Crippen LogP contribution in [0.4, 0.5) is 5.69 Å². The predicted octanol–water partition coefficient (Wildman–Crippen LogP) is 2.72. The number of cyclic esters (lactones) is 1. The van der Waals surface area contributed by atoms with Crippen molar-refractivity contribution in [3.63, 3.8) is 0 Å². The van der Waals surface area contributed by atoms with Crippen LogP contribution in [0.15, 0.2) is 40.8 Å². The van der Waals surface area contributed by atoms with E-state index in [2.05, 4.69) is 0 Å². The van der Waals surface area contributed by atoms with Crippen LogP contribution < -0.4 is 0 Å². The number of nitrogens with zero attached hydrogens (tertiary/aromatic N) is 1. The summed E-state index contributed by atoms with van der Waals surface area (Å²) in [5.41, 5.74) is 0.535. The first-order chi connectivity index (χ1) is 11.4. The van der Waals surface area contributed by atoms with E-state index in [1.807, 2.05) is 0 Å². The molecule has 1 aromatic carbocycles. The third-order valence-corrected chi connectivity index (χ3v) is 3.55. The van der Waals surface area contributed by atoms with Gasteiger partial charge in [-0.2, -0.15) is 0 Å². The summed E-state index contributed by atoms with van der Waals surface area (Å²) in [5.74, 6) is -1.04. The van der Waals surface area contributed by atoms with Gasteiger partial charge >= 0.3 is 11.9 Å². The van der Waals surface area contributed by atoms with Gasteiger partial charge in [0.15, 0.2) is 0 Å². The molecule has 0 unspecified atom stereocenters. The van der Waals surface area contributed by atoms with E-state index in [4.69, 9.17) is 13.9 Å². The Morgan fingerprint density at radius 2 is 1.96 bits per heavy atom. The minimum atomic E-state index is -0.930. The van der Waals surface area contributed by atoms with Crippen molar-refractivity contribution in [3.8, 4) is 11.3 Å². The molecule has 3 rings (SSSR count). The average molecular weight is 331 g/mol. The molecular weight excluding hydrogens is 318 g/mol. The predicted molar refractivity (Wildman–Crippen MR) is 80.2 cm³/mol. The molecule has 8 nitrogen and oxygen atoms in total. The summed E-state index contributed by atoms with van der Waals surface area (Å²) in [7, 11) is 0. The molecular formula is C16H13NO7. The largest absolute Gasteiger partial charge is 0.460 e. The van der Waals surface area contributed by atoms with Gasteiger partial charge in [-0.15, -0.1) is 0 Å². The first-order valence-electron chi connectivity index (χ1n) is 7.20. The van der Waals surface area contributed by atoms with Gasteiger partial charge in [-0.3, -0.25) is 10.1 Å². The fourth-order valence-electron chi connectivity index (χ4n) is 2.35. The van der Waals surface area contributed by atoms with Gasteiger partial charge in [0.1, 0.15) is 11.9 Å². The second-order valence-corrected chi connectivity index (χ2v) is 5.35. The molecule has 1 aliphatic rings. The van der Waals surface area contributed by atoms with Crippen molar-refractivity contribution >= 4 is 17.6 Å². The van der Waals surface area contributed by atoms with E-state index < -0.39 is 23.0 Å². The molecule has 0 radical (unpaired) electrons. The van der Waals surface area contributed by atoms with E-state index in [0.29, 0.717) is 17.7 Å². The van der Waals surface area contributed by atoms with Gasteiger partial charge in [0.2, 0.25) is 11.9 Å². The summed E-state index contributed by atoms with van der Waals surface area (Å²) in [6.45, 7) is 1.71. The minimum absolute atomic E-state index is 0.0428. The molecule has 1 saturated heterocycles. The number of furan rings is 1. The van der Waals surface area contributed by atoms with Crippen LogP contribution in [-0.2, 0) is 14.3 Å². The quantitative estimate of drug-likeness (QED) is 0.481. The summed E-state index contributed by atoms with van der Waals surface area (Å²) in [5, 5.41) is 10.6. The number of hydrogen-bond donors (Lipinski definition) is 0. The molecule has 2 atom stereocenters. The number of carbonyl (C=O) groups is 2. The van der Waals surface area contributed by atoms with Gasteiger partial charge < -0.3 is 13.9 Å². The zero-order valence-corrected chi connectivity index (χ0v) is 12.6. The topological polar surface area (TPSA) is 109 Å². The lowest BCUT2D eigenvalue weighted by Crippen LogP contribution is -2.22. The number of nitro groups is 1. The van der Waals surface area contributed by atoms with Crippen LogP contribution in [0.5, 0.6) is 0 Å². The summed E-state index contributed by atoms with van der Waals surface area (Å²) < 4.78 is 15.4. The molecule has 1 aliphatic heterocycles. The third kappa shape index (κ3) is 3.12. The summed E-state index contributed by atoms with van der Waals surface area (Å²) in [6, 6.07) is 8.68. The van der Waals surface area contributed by atoms with Crippen molar-refractivity contribution in [2.75, 3.05) is 0 Å². The Morgan fingerprint density at radius 3 is 2.54 bits per heavy atom. The zero-order chi connectivity index (χ0) is 17.3. The highest BCUT2D eigenvalue weighted by Gasteiger charge is 2.35. The first-order valence-corrected chi connectivity index (χ1v) is 7.20. The highest BCUT2D eigenvalue weighted by molar-refractivity contribution is 5.90. The molecule has 0 N–H and O–H groups in total. The van der Waals surface area contributed by atoms with Crippen molar-refractivity contribution < 1.29 is 28.4 Å². The van der Waals surface area contributed by atoms with Crippen LogP contribution in [0, 0.1) is 10.1 Å². The highest BCUT2D eigenvalue weighted by atomic mass is 16.6. The Labute approximate surface area is 136 Å². The number of esters is 2. The van der Waals surface area contributed by atoms with Crippen molar-refractivity contribution in [3.05, 3.63) is 52.3 Å². The number of rotatable bonds is 4. The van der Waals surface area contributed by atoms with E-state index in [9.17, 15) is 19.7 Å². The molecule has 2 heterocycles. The third-order valence-electron chi connectivity index (χ3n) is 3.55. The van der Waals surface area contributed by atoms with E-state index in [-0.39, 0.29) is 17.6 Å². The van der Waals surface area contributed by atoms with Crippen molar-refractivity contribution in [2.24, 2.45) is 0 Å². The lowest BCUT2D eigenvalue weighted by atomic mass is 10.1. The SMILES string of the molecule is C[C@H]1C[C@H](OC(=O)c2ccc(-c3ccc([N+](=O)[O-])cc3)o2)C(=O)O1. The lowest BCUT2D eigenvalue weighted by molar-refractivity contribution is -0.384. The molecule has 0 bridgehead atoms. The van der Waals surface area contributed by atoms with Crippen LogP contribution in [0.1, 0.15) is 23.9 Å². The Hall–Kier alpha value is -3.16. The molecule has 1 aromatic heterocycles. The fourth-order valence-corrected chi connectivity index (χ4v) is 2.35. The van der Waals surface area contributed by atoms with E-state index >= 15 is 0 Å². The molecule has 0 saturated carbocycles. The second-order valence-electron chi connectivity index (χ2n) is 5.35. The van der Waals surface area contributed by atoms with E-state index in [0.717, 1.165) is 0 Å². The molecule has 2 aromatic rings. The Balaban J connectivity index is 1.72. The lowest BCUT2D eigenvalue weighted by Gasteiger charge is -2.06. The number of benzene rings is 1. The van der Waals surface area contributed by atoms with Crippen LogP contribution in [0.2, 0.25) is 0 Å². The van der Waals surface area contributed by atoms with Gasteiger partial charge in [-0.25, -0.2) is 9.59 Å². The van der Waals surface area contributed by atoms with E-state index in [1.165, 1.54) is 30.3 Å². The van der Waals surface area contributed by atoms with Crippen molar-refractivity contribution in [1.29, 1.82) is 0 Å². The maximum atomic E-state index is 12.0. The van der Waals surface area contributed by atoms with Crippen molar-refractivity contribution in [2.45, 2.75) is 25.6 Å². The van der Waals surface area contributed by atoms with Gasteiger partial charge in [0.25, 0.3) is 5.69 Å². The maximum Gasteiger partial charge on any atom is 0.375 e. The summed E-state index contributed by atoms with van der Waals surface area (Å²) >= 11 is 0. The number of nitro benzene ring substituents is 1. The van der Waals surface area contributed by atoms with Gasteiger partial charge in [-0.1, -0.05) is 0 Å². The molecule has 8 heteroatoms. The first kappa shape index (κ1) is 15.7. The molecule has 0 spiro atoms. The van der Waals surface area contributed by atoms with Crippen LogP contribution in [-0.4, -0.2) is 29.1 Å². The smallest absolute Gasteiger partial charge is 0.375 e. The fraction of sp³-hybridized carbons (Fsp3) is 0.250. The van der Waals surface area contributed by atoms with Gasteiger partial charge in [-0.05, 0) is 31.2 Å². The number of carbonyl (C=O) groups excluding carboxylic acids is 2.